The van der Waals surface area contributed by atoms with Gasteiger partial charge in [0.2, 0.25) is 11.7 Å². The van der Waals surface area contributed by atoms with Crippen LogP contribution in [0, 0.1) is 0 Å². The van der Waals surface area contributed by atoms with Gasteiger partial charge < -0.3 is 10.3 Å². The molecule has 9 heteroatoms. The van der Waals surface area contributed by atoms with Crippen LogP contribution in [-0.4, -0.2) is 30.6 Å². The lowest BCUT2D eigenvalue weighted by Crippen LogP contribution is -2.16. The minimum Gasteiger partial charge on any atom is -0.337 e. The molecule has 0 saturated carbocycles. The number of benzene rings is 1. The van der Waals surface area contributed by atoms with Gasteiger partial charge in [-0.05, 0) is 40.5 Å². The Morgan fingerprint density at radius 2 is 2.19 bits per heavy atom. The minimum absolute atomic E-state index is 0.0294. The Kier molecular flexibility index (Phi) is 5.03. The van der Waals surface area contributed by atoms with Gasteiger partial charge in [-0.15, -0.1) is 0 Å². The van der Waals surface area contributed by atoms with Crippen LogP contribution in [0.25, 0.3) is 11.4 Å². The lowest BCUT2D eigenvalue weighted by molar-refractivity contribution is 0.352. The summed E-state index contributed by atoms with van der Waals surface area (Å²) >= 11 is 9.24. The van der Waals surface area contributed by atoms with E-state index in [1.54, 1.807) is 18.2 Å². The van der Waals surface area contributed by atoms with Crippen LogP contribution in [-0.2, 0) is 9.84 Å². The molecule has 0 spiro atoms. The molecule has 0 aliphatic heterocycles. The van der Waals surface area contributed by atoms with Crippen LogP contribution in [0.2, 0.25) is 5.02 Å². The van der Waals surface area contributed by atoms with Crippen molar-refractivity contribution in [3.05, 3.63) is 33.6 Å². The molecule has 2 aromatic rings. The molecule has 114 valence electrons. The standard InChI is InChI=1S/C12H13BrClN3O3S/c1-21(18,19)5-4-10(15)12-16-11(17-20-12)7-2-3-9(14)8(13)6-7/h2-3,6,10H,4-5,15H2,1H3. The molecule has 21 heavy (non-hydrogen) atoms. The lowest BCUT2D eigenvalue weighted by Gasteiger charge is -2.04. The smallest absolute Gasteiger partial charge is 0.243 e. The number of halogens is 2. The second kappa shape index (κ2) is 6.43. The quantitative estimate of drug-likeness (QED) is 0.837. The predicted molar refractivity (Wildman–Crippen MR) is 83.7 cm³/mol. The third kappa shape index (κ3) is 4.50. The van der Waals surface area contributed by atoms with Gasteiger partial charge in [-0.1, -0.05) is 16.8 Å². The van der Waals surface area contributed by atoms with E-state index in [4.69, 9.17) is 21.9 Å². The van der Waals surface area contributed by atoms with Gasteiger partial charge in [-0.2, -0.15) is 4.98 Å². The third-order valence-electron chi connectivity index (χ3n) is 2.74. The fraction of sp³-hybridized carbons (Fsp3) is 0.333. The Morgan fingerprint density at radius 3 is 2.81 bits per heavy atom. The number of nitrogens with two attached hydrogens (primary N) is 1. The average molecular weight is 395 g/mol. The van der Waals surface area contributed by atoms with Gasteiger partial charge in [0, 0.05) is 16.3 Å². The second-order valence-electron chi connectivity index (χ2n) is 4.61. The molecule has 0 aliphatic rings. The molecule has 0 amide bonds. The second-order valence-corrected chi connectivity index (χ2v) is 8.13. The zero-order valence-electron chi connectivity index (χ0n) is 11.1. The maximum Gasteiger partial charge on any atom is 0.243 e. The molecule has 1 unspecified atom stereocenters. The zero-order chi connectivity index (χ0) is 15.6. The van der Waals surface area contributed by atoms with Gasteiger partial charge in [0.25, 0.3) is 0 Å². The van der Waals surface area contributed by atoms with Crippen molar-refractivity contribution >= 4 is 37.4 Å². The Bertz CT molecular complexity index is 748. The fourth-order valence-electron chi connectivity index (χ4n) is 1.60. The van der Waals surface area contributed by atoms with Crippen LogP contribution < -0.4 is 5.73 Å². The molecule has 6 nitrogen and oxygen atoms in total. The fourth-order valence-corrected chi connectivity index (χ4v) is 2.78. The van der Waals surface area contributed by atoms with Crippen molar-refractivity contribution in [2.24, 2.45) is 5.73 Å². The monoisotopic (exact) mass is 393 g/mol. The van der Waals surface area contributed by atoms with Crippen LogP contribution in [0.15, 0.2) is 27.2 Å². The number of hydrogen-bond acceptors (Lipinski definition) is 6. The van der Waals surface area contributed by atoms with Crippen molar-refractivity contribution in [3.8, 4) is 11.4 Å². The van der Waals surface area contributed by atoms with Crippen molar-refractivity contribution in [1.82, 2.24) is 10.1 Å². The highest BCUT2D eigenvalue weighted by molar-refractivity contribution is 9.10. The molecule has 1 atom stereocenters. The Balaban J connectivity index is 2.15. The summed E-state index contributed by atoms with van der Waals surface area (Å²) in [6.45, 7) is 0. The van der Waals surface area contributed by atoms with Gasteiger partial charge in [-0.3, -0.25) is 0 Å². The van der Waals surface area contributed by atoms with Crippen LogP contribution >= 0.6 is 27.5 Å². The van der Waals surface area contributed by atoms with E-state index in [-0.39, 0.29) is 18.1 Å². The van der Waals surface area contributed by atoms with E-state index >= 15 is 0 Å². The highest BCUT2D eigenvalue weighted by Crippen LogP contribution is 2.28. The molecule has 0 aliphatic carbocycles. The first-order valence-corrected chi connectivity index (χ1v) is 9.22. The number of nitrogens with zero attached hydrogens (tertiary/aromatic N) is 2. The molecule has 0 radical (unpaired) electrons. The van der Waals surface area contributed by atoms with Gasteiger partial charge in [-0.25, -0.2) is 8.42 Å². The van der Waals surface area contributed by atoms with E-state index in [2.05, 4.69) is 26.1 Å². The summed E-state index contributed by atoms with van der Waals surface area (Å²) in [5.74, 6) is 0.551. The van der Waals surface area contributed by atoms with Crippen molar-refractivity contribution in [2.45, 2.75) is 12.5 Å². The molecule has 1 aromatic heterocycles. The SMILES string of the molecule is CS(=O)(=O)CCC(N)c1nc(-c2ccc(Cl)c(Br)c2)no1. The summed E-state index contributed by atoms with van der Waals surface area (Å²) in [5.41, 5.74) is 6.58. The Hall–Kier alpha value is -0.960. The van der Waals surface area contributed by atoms with Crippen molar-refractivity contribution in [3.63, 3.8) is 0 Å². The Labute approximate surface area is 135 Å². The molecule has 0 bridgehead atoms. The lowest BCUT2D eigenvalue weighted by atomic mass is 10.2. The number of rotatable bonds is 5. The van der Waals surface area contributed by atoms with Crippen LogP contribution in [0.5, 0.6) is 0 Å². The summed E-state index contributed by atoms with van der Waals surface area (Å²) in [6, 6.07) is 4.61. The van der Waals surface area contributed by atoms with Crippen molar-refractivity contribution in [1.29, 1.82) is 0 Å². The van der Waals surface area contributed by atoms with Crippen LogP contribution in [0.4, 0.5) is 0 Å². The van der Waals surface area contributed by atoms with E-state index < -0.39 is 15.9 Å². The van der Waals surface area contributed by atoms with Crippen molar-refractivity contribution < 1.29 is 12.9 Å². The first-order valence-electron chi connectivity index (χ1n) is 5.98. The maximum absolute atomic E-state index is 11.1. The number of hydrogen-bond donors (Lipinski definition) is 1. The average Bonchev–Trinajstić information content (AvgIpc) is 2.88. The molecular weight excluding hydrogens is 382 g/mol. The predicted octanol–water partition coefficient (Wildman–Crippen LogP) is 2.59. The summed E-state index contributed by atoms with van der Waals surface area (Å²) in [4.78, 5) is 4.19. The molecule has 2 N–H and O–H groups in total. The minimum atomic E-state index is -3.07. The normalized spacial score (nSPS) is 13.3. The van der Waals surface area contributed by atoms with Gasteiger partial charge >= 0.3 is 0 Å². The maximum atomic E-state index is 11.1. The molecule has 1 aromatic carbocycles. The molecule has 2 rings (SSSR count). The van der Waals surface area contributed by atoms with Crippen LogP contribution in [0.3, 0.4) is 0 Å². The summed E-state index contributed by atoms with van der Waals surface area (Å²) < 4.78 is 28.1. The number of sulfone groups is 1. The molecule has 0 fully saturated rings. The Morgan fingerprint density at radius 1 is 1.48 bits per heavy atom. The summed E-state index contributed by atoms with van der Waals surface area (Å²) in [7, 11) is -3.07. The first-order chi connectivity index (χ1) is 9.76. The van der Waals surface area contributed by atoms with E-state index in [9.17, 15) is 8.42 Å². The van der Waals surface area contributed by atoms with Gasteiger partial charge in [0.15, 0.2) is 0 Å². The topological polar surface area (TPSA) is 99.1 Å². The number of aromatic nitrogens is 2. The molecule has 0 saturated heterocycles. The van der Waals surface area contributed by atoms with Crippen LogP contribution in [0.1, 0.15) is 18.4 Å². The molecular formula is C12H13BrClN3O3S. The van der Waals surface area contributed by atoms with E-state index in [1.165, 1.54) is 0 Å². The largest absolute Gasteiger partial charge is 0.337 e. The van der Waals surface area contributed by atoms with Crippen molar-refractivity contribution in [2.75, 3.05) is 12.0 Å². The van der Waals surface area contributed by atoms with E-state index in [1.807, 2.05) is 0 Å². The first kappa shape index (κ1) is 16.4. The summed E-state index contributed by atoms with van der Waals surface area (Å²) in [6.07, 6.45) is 1.38. The van der Waals surface area contributed by atoms with E-state index in [0.29, 0.717) is 10.8 Å². The highest BCUT2D eigenvalue weighted by Gasteiger charge is 2.18. The van der Waals surface area contributed by atoms with Gasteiger partial charge in [0.05, 0.1) is 16.8 Å². The highest BCUT2D eigenvalue weighted by atomic mass is 79.9. The zero-order valence-corrected chi connectivity index (χ0v) is 14.2. The third-order valence-corrected chi connectivity index (χ3v) is 4.93. The van der Waals surface area contributed by atoms with E-state index in [0.717, 1.165) is 16.3 Å². The molecule has 1 heterocycles. The van der Waals surface area contributed by atoms with Gasteiger partial charge in [0.1, 0.15) is 9.84 Å². The summed E-state index contributed by atoms with van der Waals surface area (Å²) in [5, 5.41) is 4.42.